The zero-order chi connectivity index (χ0) is 18.5. The Hall–Kier alpha value is -3.54. The van der Waals surface area contributed by atoms with Gasteiger partial charge in [0.1, 0.15) is 11.5 Å². The van der Waals surface area contributed by atoms with Gasteiger partial charge < -0.3 is 20.5 Å². The van der Waals surface area contributed by atoms with Crippen LogP contribution in [0.3, 0.4) is 0 Å². The number of nitrogens with one attached hydrogen (secondary N) is 2. The van der Waals surface area contributed by atoms with Crippen molar-refractivity contribution in [1.82, 2.24) is 5.32 Å². The summed E-state index contributed by atoms with van der Waals surface area (Å²) in [4.78, 5) is 24.2. The number of carbonyl (C=O) groups excluding carboxylic acids is 2. The summed E-state index contributed by atoms with van der Waals surface area (Å²) in [5.41, 5.74) is 0.963. The van der Waals surface area contributed by atoms with Crippen molar-refractivity contribution in [2.75, 3.05) is 12.4 Å². The second kappa shape index (κ2) is 7.57. The maximum atomic E-state index is 12.1. The molecule has 0 unspecified atom stereocenters. The predicted molar refractivity (Wildman–Crippen MR) is 99.1 cm³/mol. The summed E-state index contributed by atoms with van der Waals surface area (Å²) < 4.78 is 5.37. The third kappa shape index (κ3) is 3.59. The number of phenolic OH excluding ortho intramolecular Hbond substituents is 1. The highest BCUT2D eigenvalue weighted by molar-refractivity contribution is 6.39. The van der Waals surface area contributed by atoms with Crippen LogP contribution in [0.25, 0.3) is 10.8 Å². The Kier molecular flexibility index (Phi) is 5.03. The van der Waals surface area contributed by atoms with Crippen LogP contribution in [0.2, 0.25) is 0 Å². The van der Waals surface area contributed by atoms with Gasteiger partial charge in [-0.3, -0.25) is 9.59 Å². The molecule has 0 aliphatic carbocycles. The summed E-state index contributed by atoms with van der Waals surface area (Å²) in [7, 11) is 1.56. The van der Waals surface area contributed by atoms with Crippen LogP contribution in [-0.2, 0) is 16.1 Å². The largest absolute Gasteiger partial charge is 0.506 e. The quantitative estimate of drug-likeness (QED) is 0.499. The molecule has 3 aromatic rings. The number of rotatable bonds is 4. The summed E-state index contributed by atoms with van der Waals surface area (Å²) in [6.45, 7) is 0.136. The van der Waals surface area contributed by atoms with E-state index in [1.165, 1.54) is 12.1 Å². The predicted octanol–water partition coefficient (Wildman–Crippen LogP) is 2.81. The van der Waals surface area contributed by atoms with Crippen molar-refractivity contribution in [2.45, 2.75) is 6.54 Å². The summed E-state index contributed by atoms with van der Waals surface area (Å²) in [6.07, 6.45) is 0. The highest BCUT2D eigenvalue weighted by Gasteiger charge is 2.16. The van der Waals surface area contributed by atoms with E-state index in [1.54, 1.807) is 19.2 Å². The van der Waals surface area contributed by atoms with Gasteiger partial charge in [-0.25, -0.2) is 0 Å². The number of para-hydroxylation sites is 2. The second-order valence-electron chi connectivity index (χ2n) is 5.62. The Morgan fingerprint density at radius 2 is 1.69 bits per heavy atom. The third-order valence-corrected chi connectivity index (χ3v) is 4.00. The molecule has 0 spiro atoms. The number of aromatic hydroxyl groups is 1. The Morgan fingerprint density at radius 3 is 2.46 bits per heavy atom. The van der Waals surface area contributed by atoms with Gasteiger partial charge in [-0.2, -0.15) is 0 Å². The lowest BCUT2D eigenvalue weighted by atomic mass is 10.0. The molecule has 0 saturated heterocycles. The van der Waals surface area contributed by atoms with Crippen molar-refractivity contribution in [1.29, 1.82) is 0 Å². The van der Waals surface area contributed by atoms with E-state index in [0.29, 0.717) is 5.75 Å². The Morgan fingerprint density at radius 1 is 0.962 bits per heavy atom. The van der Waals surface area contributed by atoms with Crippen molar-refractivity contribution in [3.8, 4) is 11.5 Å². The first kappa shape index (κ1) is 17.3. The van der Waals surface area contributed by atoms with Crippen LogP contribution < -0.4 is 15.4 Å². The topological polar surface area (TPSA) is 87.7 Å². The van der Waals surface area contributed by atoms with Crippen LogP contribution in [0.5, 0.6) is 11.5 Å². The maximum absolute atomic E-state index is 12.1. The number of amides is 2. The highest BCUT2D eigenvalue weighted by atomic mass is 16.5. The van der Waals surface area contributed by atoms with Crippen LogP contribution in [0.15, 0.2) is 60.7 Å². The van der Waals surface area contributed by atoms with Crippen molar-refractivity contribution in [2.24, 2.45) is 0 Å². The van der Waals surface area contributed by atoms with Crippen LogP contribution in [0, 0.1) is 0 Å². The molecule has 3 aromatic carbocycles. The lowest BCUT2D eigenvalue weighted by molar-refractivity contribution is -0.136. The molecule has 2 amide bonds. The van der Waals surface area contributed by atoms with E-state index < -0.39 is 11.8 Å². The number of hydrogen-bond donors (Lipinski definition) is 3. The number of phenols is 1. The van der Waals surface area contributed by atoms with Crippen molar-refractivity contribution in [3.63, 3.8) is 0 Å². The van der Waals surface area contributed by atoms with Gasteiger partial charge in [0.2, 0.25) is 0 Å². The minimum absolute atomic E-state index is 0.107. The van der Waals surface area contributed by atoms with E-state index in [1.807, 2.05) is 36.4 Å². The zero-order valence-corrected chi connectivity index (χ0v) is 14.2. The number of carbonyl (C=O) groups is 2. The molecule has 0 heterocycles. The smallest absolute Gasteiger partial charge is 0.313 e. The first-order chi connectivity index (χ1) is 12.6. The number of benzene rings is 3. The molecule has 3 rings (SSSR count). The molecule has 0 aliphatic rings. The lowest BCUT2D eigenvalue weighted by Crippen LogP contribution is -2.35. The van der Waals surface area contributed by atoms with Crippen molar-refractivity contribution < 1.29 is 19.4 Å². The van der Waals surface area contributed by atoms with E-state index in [9.17, 15) is 14.7 Å². The second-order valence-corrected chi connectivity index (χ2v) is 5.62. The first-order valence-corrected chi connectivity index (χ1v) is 8.02. The van der Waals surface area contributed by atoms with Crippen LogP contribution in [-0.4, -0.2) is 24.0 Å². The average molecular weight is 350 g/mol. The first-order valence-electron chi connectivity index (χ1n) is 8.02. The number of methoxy groups -OCH3 is 1. The van der Waals surface area contributed by atoms with E-state index in [4.69, 9.17) is 4.74 Å². The molecule has 6 heteroatoms. The summed E-state index contributed by atoms with van der Waals surface area (Å²) in [5.74, 6) is -1.14. The molecule has 0 atom stereocenters. The Balaban J connectivity index is 1.74. The fourth-order valence-corrected chi connectivity index (χ4v) is 2.70. The molecule has 26 heavy (non-hydrogen) atoms. The summed E-state index contributed by atoms with van der Waals surface area (Å²) in [6, 6.07) is 17.7. The third-order valence-electron chi connectivity index (χ3n) is 4.00. The SMILES string of the molecule is COc1ccc2ccccc2c1CNC(=O)C(=O)Nc1ccccc1O. The van der Waals surface area contributed by atoms with Gasteiger partial charge in [0.15, 0.2) is 0 Å². The van der Waals surface area contributed by atoms with Crippen LogP contribution in [0.4, 0.5) is 5.69 Å². The van der Waals surface area contributed by atoms with E-state index in [2.05, 4.69) is 10.6 Å². The van der Waals surface area contributed by atoms with Crippen LogP contribution >= 0.6 is 0 Å². The maximum Gasteiger partial charge on any atom is 0.313 e. The van der Waals surface area contributed by atoms with Crippen molar-refractivity contribution in [3.05, 3.63) is 66.2 Å². The lowest BCUT2D eigenvalue weighted by Gasteiger charge is -2.13. The molecule has 6 nitrogen and oxygen atoms in total. The van der Waals surface area contributed by atoms with Gasteiger partial charge in [-0.1, -0.05) is 42.5 Å². The number of anilines is 1. The number of hydrogen-bond acceptors (Lipinski definition) is 4. The molecule has 0 fully saturated rings. The van der Waals surface area contributed by atoms with Crippen molar-refractivity contribution >= 4 is 28.3 Å². The standard InChI is InChI=1S/C20H18N2O4/c1-26-18-11-10-13-6-2-3-7-14(13)15(18)12-21-19(24)20(25)22-16-8-4-5-9-17(16)23/h2-11,23H,12H2,1H3,(H,21,24)(H,22,25). The van der Waals surface area contributed by atoms with Gasteiger partial charge in [-0.15, -0.1) is 0 Å². The molecular formula is C20H18N2O4. The van der Waals surface area contributed by atoms with Gasteiger partial charge in [0.05, 0.1) is 12.8 Å². The number of ether oxygens (including phenoxy) is 1. The van der Waals surface area contributed by atoms with E-state index in [-0.39, 0.29) is 18.0 Å². The monoisotopic (exact) mass is 350 g/mol. The Labute approximate surface area is 150 Å². The zero-order valence-electron chi connectivity index (χ0n) is 14.2. The fourth-order valence-electron chi connectivity index (χ4n) is 2.70. The molecule has 0 saturated carbocycles. The number of fused-ring (bicyclic) bond motifs is 1. The van der Waals surface area contributed by atoms with E-state index in [0.717, 1.165) is 16.3 Å². The molecule has 0 aromatic heterocycles. The molecule has 132 valence electrons. The summed E-state index contributed by atoms with van der Waals surface area (Å²) in [5, 5.41) is 16.6. The average Bonchev–Trinajstić information content (AvgIpc) is 2.67. The molecule has 0 bridgehead atoms. The van der Waals surface area contributed by atoms with E-state index >= 15 is 0 Å². The molecular weight excluding hydrogens is 332 g/mol. The molecule has 0 aliphatic heterocycles. The summed E-state index contributed by atoms with van der Waals surface area (Å²) >= 11 is 0. The van der Waals surface area contributed by atoms with Gasteiger partial charge >= 0.3 is 11.8 Å². The fraction of sp³-hybridized carbons (Fsp3) is 0.100. The molecule has 3 N–H and O–H groups in total. The van der Waals surface area contributed by atoms with Gasteiger partial charge in [0.25, 0.3) is 0 Å². The Bertz CT molecular complexity index is 969. The van der Waals surface area contributed by atoms with Gasteiger partial charge in [-0.05, 0) is 29.0 Å². The molecule has 0 radical (unpaired) electrons. The highest BCUT2D eigenvalue weighted by Crippen LogP contribution is 2.27. The van der Waals surface area contributed by atoms with Gasteiger partial charge in [0, 0.05) is 12.1 Å². The minimum atomic E-state index is -0.856. The normalized spacial score (nSPS) is 10.3. The van der Waals surface area contributed by atoms with Crippen LogP contribution in [0.1, 0.15) is 5.56 Å². The minimum Gasteiger partial charge on any atom is -0.506 e.